The summed E-state index contributed by atoms with van der Waals surface area (Å²) in [6.07, 6.45) is 0. The molecule has 2 aromatic heterocycles. The first kappa shape index (κ1) is 35.2. The van der Waals surface area contributed by atoms with Crippen LogP contribution in [0.1, 0.15) is 30.5 Å². The van der Waals surface area contributed by atoms with Crippen LogP contribution in [-0.2, 0) is 5.41 Å². The van der Waals surface area contributed by atoms with Gasteiger partial charge in [0.15, 0.2) is 17.5 Å². The molecule has 60 heavy (non-hydrogen) atoms. The van der Waals surface area contributed by atoms with E-state index in [9.17, 15) is 5.26 Å². The Morgan fingerprint density at radius 2 is 0.983 bits per heavy atom. The van der Waals surface area contributed by atoms with Crippen LogP contribution in [0, 0.1) is 11.3 Å². The third-order valence-corrected chi connectivity index (χ3v) is 12.0. The highest BCUT2D eigenvalue weighted by molar-refractivity contribution is 6.12. The summed E-state index contributed by atoms with van der Waals surface area (Å²) in [7, 11) is 0. The molecular weight excluding hydrogens is 731 g/mol. The Morgan fingerprint density at radius 1 is 0.417 bits per heavy atom. The molecule has 0 atom stereocenters. The maximum absolute atomic E-state index is 9.98. The van der Waals surface area contributed by atoms with Gasteiger partial charge in [-0.1, -0.05) is 153 Å². The molecule has 5 heteroatoms. The molecule has 282 valence electrons. The quantitative estimate of drug-likeness (QED) is 0.169. The molecule has 0 aliphatic heterocycles. The lowest BCUT2D eigenvalue weighted by Crippen LogP contribution is -2.15. The number of nitriles is 1. The van der Waals surface area contributed by atoms with Gasteiger partial charge in [-0.25, -0.2) is 15.0 Å². The molecule has 0 saturated carbocycles. The Labute approximate surface area is 348 Å². The maximum Gasteiger partial charge on any atom is 0.164 e. The number of benzene rings is 8. The van der Waals surface area contributed by atoms with Gasteiger partial charge in [-0.3, -0.25) is 0 Å². The summed E-state index contributed by atoms with van der Waals surface area (Å²) in [6.45, 7) is 4.67. The monoisotopic (exact) mass is 767 g/mol. The zero-order chi connectivity index (χ0) is 40.4. The summed E-state index contributed by atoms with van der Waals surface area (Å²) in [5, 5.41) is 12.3. The lowest BCUT2D eigenvalue weighted by Gasteiger charge is -2.22. The van der Waals surface area contributed by atoms with Crippen LogP contribution in [0.25, 0.3) is 95.0 Å². The van der Waals surface area contributed by atoms with Gasteiger partial charge >= 0.3 is 0 Å². The van der Waals surface area contributed by atoms with E-state index in [0.717, 1.165) is 55.7 Å². The highest BCUT2D eigenvalue weighted by Gasteiger charge is 2.36. The third kappa shape index (κ3) is 5.81. The molecule has 0 unspecified atom stereocenters. The molecule has 1 aliphatic carbocycles. The van der Waals surface area contributed by atoms with E-state index >= 15 is 0 Å². The van der Waals surface area contributed by atoms with Crippen LogP contribution < -0.4 is 0 Å². The van der Waals surface area contributed by atoms with Crippen molar-refractivity contribution >= 4 is 21.8 Å². The van der Waals surface area contributed by atoms with Crippen molar-refractivity contribution in [3.63, 3.8) is 0 Å². The van der Waals surface area contributed by atoms with E-state index in [4.69, 9.17) is 15.0 Å². The van der Waals surface area contributed by atoms with Gasteiger partial charge in [0.25, 0.3) is 0 Å². The molecule has 0 amide bonds. The molecule has 5 nitrogen and oxygen atoms in total. The van der Waals surface area contributed by atoms with Crippen molar-refractivity contribution in [3.8, 4) is 79.3 Å². The number of hydrogen-bond donors (Lipinski definition) is 0. The van der Waals surface area contributed by atoms with E-state index in [-0.39, 0.29) is 5.41 Å². The van der Waals surface area contributed by atoms with Crippen LogP contribution >= 0.6 is 0 Å². The largest absolute Gasteiger partial charge is 0.309 e. The fourth-order valence-electron chi connectivity index (χ4n) is 9.04. The van der Waals surface area contributed by atoms with Gasteiger partial charge < -0.3 is 4.57 Å². The zero-order valence-corrected chi connectivity index (χ0v) is 33.1. The minimum absolute atomic E-state index is 0.187. The van der Waals surface area contributed by atoms with E-state index in [1.807, 2.05) is 78.9 Å². The van der Waals surface area contributed by atoms with E-state index in [1.165, 1.54) is 33.0 Å². The molecule has 0 spiro atoms. The number of fused-ring (bicyclic) bond motifs is 6. The Morgan fingerprint density at radius 3 is 1.67 bits per heavy atom. The average molecular weight is 768 g/mol. The zero-order valence-electron chi connectivity index (χ0n) is 33.1. The van der Waals surface area contributed by atoms with Crippen LogP contribution in [-0.4, -0.2) is 19.5 Å². The Kier molecular flexibility index (Phi) is 8.14. The summed E-state index contributed by atoms with van der Waals surface area (Å²) in [5.41, 5.74) is 15.6. The van der Waals surface area contributed by atoms with Crippen molar-refractivity contribution in [1.82, 2.24) is 19.5 Å². The first-order chi connectivity index (χ1) is 29.4. The SMILES string of the molecule is CC1(C)c2ccccc2-c2cc3c4ccc(-c5ccccc5)cc4n(-c4cc(-c5cccc(C#N)c5)cc(-c5nc(-c6ccccc6)nc(-c6ccccc6)n5)c4)c3cc21. The van der Waals surface area contributed by atoms with E-state index in [1.54, 1.807) is 0 Å². The molecule has 0 bridgehead atoms. The molecule has 0 N–H and O–H groups in total. The number of aromatic nitrogens is 4. The predicted octanol–water partition coefficient (Wildman–Crippen LogP) is 13.5. The lowest BCUT2D eigenvalue weighted by molar-refractivity contribution is 0.661. The second kappa shape index (κ2) is 13.9. The number of nitrogens with zero attached hydrogens (tertiary/aromatic N) is 5. The molecule has 0 saturated heterocycles. The van der Waals surface area contributed by atoms with Gasteiger partial charge in [-0.2, -0.15) is 5.26 Å². The molecule has 8 aromatic carbocycles. The van der Waals surface area contributed by atoms with Crippen molar-refractivity contribution in [2.75, 3.05) is 0 Å². The fraction of sp³-hybridized carbons (Fsp3) is 0.0545. The third-order valence-electron chi connectivity index (χ3n) is 12.0. The summed E-state index contributed by atoms with van der Waals surface area (Å²) >= 11 is 0. The van der Waals surface area contributed by atoms with Crippen molar-refractivity contribution in [1.29, 1.82) is 5.26 Å². The average Bonchev–Trinajstić information content (AvgIpc) is 3.75. The van der Waals surface area contributed by atoms with Crippen LogP contribution in [0.3, 0.4) is 0 Å². The van der Waals surface area contributed by atoms with Gasteiger partial charge in [-0.15, -0.1) is 0 Å². The summed E-state index contributed by atoms with van der Waals surface area (Å²) in [4.78, 5) is 15.3. The Hall–Kier alpha value is -7.94. The van der Waals surface area contributed by atoms with Gasteiger partial charge in [0.2, 0.25) is 0 Å². The summed E-state index contributed by atoms with van der Waals surface area (Å²) in [5.74, 6) is 1.75. The van der Waals surface area contributed by atoms with Crippen molar-refractivity contribution < 1.29 is 0 Å². The van der Waals surface area contributed by atoms with Crippen LogP contribution in [0.5, 0.6) is 0 Å². The first-order valence-corrected chi connectivity index (χ1v) is 20.2. The van der Waals surface area contributed by atoms with Gasteiger partial charge in [-0.05, 0) is 93.0 Å². The number of hydrogen-bond acceptors (Lipinski definition) is 4. The number of rotatable bonds is 6. The fourth-order valence-corrected chi connectivity index (χ4v) is 9.04. The second-order valence-corrected chi connectivity index (χ2v) is 16.0. The lowest BCUT2D eigenvalue weighted by atomic mass is 9.82. The van der Waals surface area contributed by atoms with Crippen LogP contribution in [0.4, 0.5) is 0 Å². The van der Waals surface area contributed by atoms with Crippen molar-refractivity contribution in [3.05, 3.63) is 205 Å². The maximum atomic E-state index is 9.98. The molecule has 0 radical (unpaired) electrons. The molecule has 1 aliphatic rings. The molecule has 11 rings (SSSR count). The summed E-state index contributed by atoms with van der Waals surface area (Å²) < 4.78 is 2.41. The molecular formula is C55H37N5. The van der Waals surface area contributed by atoms with E-state index < -0.39 is 0 Å². The van der Waals surface area contributed by atoms with Gasteiger partial charge in [0.05, 0.1) is 22.7 Å². The van der Waals surface area contributed by atoms with Crippen LogP contribution in [0.15, 0.2) is 188 Å². The van der Waals surface area contributed by atoms with Crippen molar-refractivity contribution in [2.24, 2.45) is 0 Å². The van der Waals surface area contributed by atoms with Gasteiger partial charge in [0, 0.05) is 38.6 Å². The van der Waals surface area contributed by atoms with Gasteiger partial charge in [0.1, 0.15) is 0 Å². The smallest absolute Gasteiger partial charge is 0.164 e. The predicted molar refractivity (Wildman–Crippen MR) is 244 cm³/mol. The normalized spacial score (nSPS) is 12.6. The van der Waals surface area contributed by atoms with E-state index in [2.05, 4.69) is 134 Å². The van der Waals surface area contributed by atoms with E-state index in [0.29, 0.717) is 23.0 Å². The summed E-state index contributed by atoms with van der Waals surface area (Å²) in [6, 6.07) is 67.9. The standard InChI is InChI=1S/C55H37N5/c1-55(2)48-24-13-12-23-44(48)46-32-47-45-26-25-40(36-16-6-3-7-17-36)31-50(45)60(51(47)33-49(46)55)43-29-41(39-22-14-15-35(27-39)34-56)28-42(30-43)54-58-52(37-18-8-4-9-19-37)57-53(59-54)38-20-10-5-11-21-38/h3-33H,1-2H3. The Balaban J connectivity index is 1.23. The topological polar surface area (TPSA) is 67.4 Å². The van der Waals surface area contributed by atoms with Crippen LogP contribution in [0.2, 0.25) is 0 Å². The minimum atomic E-state index is -0.187. The highest BCUT2D eigenvalue weighted by atomic mass is 15.0. The van der Waals surface area contributed by atoms with Crippen molar-refractivity contribution in [2.45, 2.75) is 19.3 Å². The highest BCUT2D eigenvalue weighted by Crippen LogP contribution is 2.51. The molecule has 10 aromatic rings. The minimum Gasteiger partial charge on any atom is -0.309 e. The first-order valence-electron chi connectivity index (χ1n) is 20.2. The Bertz CT molecular complexity index is 3280. The second-order valence-electron chi connectivity index (χ2n) is 16.0. The molecule has 2 heterocycles. The molecule has 0 fully saturated rings.